The van der Waals surface area contributed by atoms with Crippen LogP contribution >= 0.6 is 0 Å². The number of piperidine rings is 1. The molecular formula is C19H25N5O2. The monoisotopic (exact) mass is 355 g/mol. The molecule has 26 heavy (non-hydrogen) atoms. The lowest BCUT2D eigenvalue weighted by atomic mass is 10.1. The fourth-order valence-electron chi connectivity index (χ4n) is 3.26. The Kier molecular flexibility index (Phi) is 5.55. The zero-order chi connectivity index (χ0) is 18.5. The predicted octanol–water partition coefficient (Wildman–Crippen LogP) is 2.70. The Morgan fingerprint density at radius 1 is 1.23 bits per heavy atom. The van der Waals surface area contributed by atoms with E-state index >= 15 is 0 Å². The summed E-state index contributed by atoms with van der Waals surface area (Å²) in [7, 11) is 0. The lowest BCUT2D eigenvalue weighted by Gasteiger charge is -2.30. The number of aromatic amines is 1. The Bertz CT molecular complexity index is 793. The van der Waals surface area contributed by atoms with Gasteiger partial charge in [-0.1, -0.05) is 13.3 Å². The number of carbonyl (C=O) groups excluding carboxylic acids is 2. The fraction of sp³-hybridized carbons (Fsp3) is 0.421. The molecule has 138 valence electrons. The molecule has 0 spiro atoms. The zero-order valence-electron chi connectivity index (χ0n) is 15.0. The Labute approximate surface area is 153 Å². The van der Waals surface area contributed by atoms with Crippen molar-refractivity contribution >= 4 is 23.2 Å². The van der Waals surface area contributed by atoms with E-state index in [2.05, 4.69) is 27.3 Å². The Morgan fingerprint density at radius 2 is 2.00 bits per heavy atom. The van der Waals surface area contributed by atoms with Crippen LogP contribution in [0.25, 0.3) is 0 Å². The van der Waals surface area contributed by atoms with Crippen LogP contribution in [-0.4, -0.2) is 35.1 Å². The highest BCUT2D eigenvalue weighted by atomic mass is 16.2. The maximum atomic E-state index is 12.6. The quantitative estimate of drug-likeness (QED) is 0.741. The van der Waals surface area contributed by atoms with E-state index in [4.69, 9.17) is 5.73 Å². The Balaban J connectivity index is 1.86. The molecule has 1 aliphatic rings. The number of nitrogens with one attached hydrogen (secondary N) is 2. The highest BCUT2D eigenvalue weighted by Gasteiger charge is 2.19. The molecule has 0 bridgehead atoms. The number of H-pyrrole nitrogens is 1. The van der Waals surface area contributed by atoms with Gasteiger partial charge in [-0.15, -0.1) is 0 Å². The molecule has 2 amide bonds. The molecule has 3 rings (SSSR count). The van der Waals surface area contributed by atoms with Crippen molar-refractivity contribution in [2.45, 2.75) is 39.0 Å². The summed E-state index contributed by atoms with van der Waals surface area (Å²) >= 11 is 0. The molecule has 1 saturated heterocycles. The summed E-state index contributed by atoms with van der Waals surface area (Å²) < 4.78 is 0. The maximum absolute atomic E-state index is 12.6. The van der Waals surface area contributed by atoms with E-state index in [-0.39, 0.29) is 5.91 Å². The number of carbonyl (C=O) groups is 2. The number of hydrogen-bond donors (Lipinski definition) is 3. The van der Waals surface area contributed by atoms with E-state index in [0.29, 0.717) is 16.9 Å². The van der Waals surface area contributed by atoms with Gasteiger partial charge in [-0.05, 0) is 49.9 Å². The van der Waals surface area contributed by atoms with Crippen LogP contribution in [0, 0.1) is 0 Å². The molecule has 0 saturated carbocycles. The van der Waals surface area contributed by atoms with Gasteiger partial charge in [0, 0.05) is 24.3 Å². The third-order valence-electron chi connectivity index (χ3n) is 4.61. The van der Waals surface area contributed by atoms with E-state index in [0.717, 1.165) is 50.2 Å². The molecule has 1 aliphatic heterocycles. The van der Waals surface area contributed by atoms with Crippen LogP contribution in [-0.2, 0) is 6.42 Å². The lowest BCUT2D eigenvalue weighted by Crippen LogP contribution is -2.30. The highest BCUT2D eigenvalue weighted by Crippen LogP contribution is 2.30. The van der Waals surface area contributed by atoms with E-state index in [1.165, 1.54) is 6.42 Å². The third kappa shape index (κ3) is 4.04. The van der Waals surface area contributed by atoms with Crippen molar-refractivity contribution in [2.24, 2.45) is 5.73 Å². The summed E-state index contributed by atoms with van der Waals surface area (Å²) in [5.74, 6) is -0.820. The smallest absolute Gasteiger partial charge is 0.276 e. The number of nitrogens with two attached hydrogens (primary N) is 1. The van der Waals surface area contributed by atoms with Crippen LogP contribution in [0.5, 0.6) is 0 Å². The average Bonchev–Trinajstić information content (AvgIpc) is 3.11. The maximum Gasteiger partial charge on any atom is 0.276 e. The topological polar surface area (TPSA) is 104 Å². The first-order valence-corrected chi connectivity index (χ1v) is 9.13. The van der Waals surface area contributed by atoms with Crippen molar-refractivity contribution in [1.29, 1.82) is 0 Å². The number of aromatic nitrogens is 2. The van der Waals surface area contributed by atoms with Crippen molar-refractivity contribution in [3.8, 4) is 0 Å². The summed E-state index contributed by atoms with van der Waals surface area (Å²) in [4.78, 5) is 26.4. The second-order valence-corrected chi connectivity index (χ2v) is 6.63. The van der Waals surface area contributed by atoms with E-state index in [1.807, 2.05) is 6.07 Å². The summed E-state index contributed by atoms with van der Waals surface area (Å²) in [6, 6.07) is 6.96. The molecule has 2 aromatic rings. The normalized spacial score (nSPS) is 14.3. The van der Waals surface area contributed by atoms with Gasteiger partial charge in [0.05, 0.1) is 11.4 Å². The standard InChI is InChI=1S/C19H25N5O2/c1-2-6-14-12-16(23-22-14)19(26)21-15-11-13(18(20)25)7-8-17(15)24-9-4-3-5-10-24/h7-8,11-12H,2-6,9-10H2,1H3,(H2,20,25)(H,21,26)(H,22,23). The SMILES string of the molecule is CCCc1cc(C(=O)Nc2cc(C(N)=O)ccc2N2CCCCC2)n[nH]1. The third-order valence-corrected chi connectivity index (χ3v) is 4.61. The van der Waals surface area contributed by atoms with Gasteiger partial charge in [0.1, 0.15) is 0 Å². The molecule has 1 aromatic heterocycles. The van der Waals surface area contributed by atoms with Gasteiger partial charge in [-0.25, -0.2) is 0 Å². The van der Waals surface area contributed by atoms with Gasteiger partial charge in [0.2, 0.25) is 5.91 Å². The van der Waals surface area contributed by atoms with Gasteiger partial charge >= 0.3 is 0 Å². The molecule has 0 atom stereocenters. The van der Waals surface area contributed by atoms with E-state index in [1.54, 1.807) is 18.2 Å². The molecule has 2 heterocycles. The average molecular weight is 355 g/mol. The number of nitrogens with zero attached hydrogens (tertiary/aromatic N) is 2. The summed E-state index contributed by atoms with van der Waals surface area (Å²) in [5, 5.41) is 9.88. The molecule has 0 unspecified atom stereocenters. The highest BCUT2D eigenvalue weighted by molar-refractivity contribution is 6.06. The number of hydrogen-bond acceptors (Lipinski definition) is 4. The molecule has 7 heteroatoms. The van der Waals surface area contributed by atoms with Crippen LogP contribution in [0.4, 0.5) is 11.4 Å². The Hall–Kier alpha value is -2.83. The van der Waals surface area contributed by atoms with E-state index in [9.17, 15) is 9.59 Å². The van der Waals surface area contributed by atoms with Crippen LogP contribution in [0.3, 0.4) is 0 Å². The first kappa shape index (κ1) is 18.0. The summed E-state index contributed by atoms with van der Waals surface area (Å²) in [6.07, 6.45) is 5.26. The number of amides is 2. The second kappa shape index (κ2) is 8.03. The fourth-order valence-corrected chi connectivity index (χ4v) is 3.26. The molecular weight excluding hydrogens is 330 g/mol. The van der Waals surface area contributed by atoms with Crippen molar-refractivity contribution < 1.29 is 9.59 Å². The van der Waals surface area contributed by atoms with Crippen molar-refractivity contribution in [2.75, 3.05) is 23.3 Å². The minimum atomic E-state index is -0.518. The molecule has 1 aromatic carbocycles. The predicted molar refractivity (Wildman–Crippen MR) is 102 cm³/mol. The number of rotatable bonds is 6. The van der Waals surface area contributed by atoms with Crippen LogP contribution in [0.1, 0.15) is 59.1 Å². The van der Waals surface area contributed by atoms with E-state index < -0.39 is 5.91 Å². The number of aryl methyl sites for hydroxylation is 1. The summed E-state index contributed by atoms with van der Waals surface area (Å²) in [5.41, 5.74) is 8.54. The van der Waals surface area contributed by atoms with Crippen LogP contribution < -0.4 is 16.0 Å². The zero-order valence-corrected chi connectivity index (χ0v) is 15.0. The lowest BCUT2D eigenvalue weighted by molar-refractivity contribution is 0.0995. The van der Waals surface area contributed by atoms with Gasteiger partial charge in [0.25, 0.3) is 5.91 Å². The minimum absolute atomic E-state index is 0.302. The van der Waals surface area contributed by atoms with Gasteiger partial charge in [-0.3, -0.25) is 14.7 Å². The largest absolute Gasteiger partial charge is 0.370 e. The molecule has 4 N–H and O–H groups in total. The Morgan fingerprint density at radius 3 is 2.69 bits per heavy atom. The van der Waals surface area contributed by atoms with Gasteiger partial charge < -0.3 is 16.0 Å². The first-order chi connectivity index (χ1) is 12.6. The second-order valence-electron chi connectivity index (χ2n) is 6.63. The molecule has 7 nitrogen and oxygen atoms in total. The van der Waals surface area contributed by atoms with Crippen LogP contribution in [0.15, 0.2) is 24.3 Å². The summed E-state index contributed by atoms with van der Waals surface area (Å²) in [6.45, 7) is 3.94. The molecule has 0 radical (unpaired) electrons. The number of benzene rings is 1. The molecule has 1 fully saturated rings. The van der Waals surface area contributed by atoms with Gasteiger partial charge in [-0.2, -0.15) is 5.10 Å². The van der Waals surface area contributed by atoms with Crippen molar-refractivity contribution in [3.63, 3.8) is 0 Å². The van der Waals surface area contributed by atoms with Crippen molar-refractivity contribution in [1.82, 2.24) is 10.2 Å². The number of anilines is 2. The molecule has 0 aliphatic carbocycles. The first-order valence-electron chi connectivity index (χ1n) is 9.13. The number of primary amides is 1. The minimum Gasteiger partial charge on any atom is -0.370 e. The van der Waals surface area contributed by atoms with Crippen molar-refractivity contribution in [3.05, 3.63) is 41.2 Å². The van der Waals surface area contributed by atoms with Gasteiger partial charge in [0.15, 0.2) is 5.69 Å². The van der Waals surface area contributed by atoms with Crippen LogP contribution in [0.2, 0.25) is 0 Å².